The second-order valence-electron chi connectivity index (χ2n) is 3.41. The van der Waals surface area contributed by atoms with Crippen LogP contribution >= 0.6 is 0 Å². The number of methoxy groups -OCH3 is 1. The molecule has 1 unspecified atom stereocenters. The van der Waals surface area contributed by atoms with Crippen molar-refractivity contribution in [3.8, 4) is 11.5 Å². The first-order valence-electron chi connectivity index (χ1n) is 4.70. The molecule has 1 aromatic rings. The van der Waals surface area contributed by atoms with Crippen LogP contribution in [0.3, 0.4) is 0 Å². The molecule has 4 heteroatoms. The molecular formula is C11H15NO3. The minimum Gasteiger partial charge on any atom is -0.504 e. The highest BCUT2D eigenvalue weighted by molar-refractivity contribution is 5.79. The number of hydrogen-bond acceptors (Lipinski definition) is 4. The Morgan fingerprint density at radius 3 is 2.73 bits per heavy atom. The van der Waals surface area contributed by atoms with Crippen LogP contribution in [0.1, 0.15) is 28.8 Å². The lowest BCUT2D eigenvalue weighted by Crippen LogP contribution is -2.11. The zero-order valence-corrected chi connectivity index (χ0v) is 8.86. The summed E-state index contributed by atoms with van der Waals surface area (Å²) in [5, 5.41) is 9.57. The predicted molar refractivity (Wildman–Crippen MR) is 57.5 cm³/mol. The molecule has 0 fully saturated rings. The zero-order chi connectivity index (χ0) is 11.4. The average molecular weight is 209 g/mol. The number of phenols is 1. The Morgan fingerprint density at radius 2 is 2.27 bits per heavy atom. The highest BCUT2D eigenvalue weighted by Gasteiger charge is 2.13. The molecule has 0 amide bonds. The minimum absolute atomic E-state index is 0.0263. The van der Waals surface area contributed by atoms with Crippen LogP contribution in [-0.4, -0.2) is 25.0 Å². The van der Waals surface area contributed by atoms with Gasteiger partial charge >= 0.3 is 0 Å². The van der Waals surface area contributed by atoms with Gasteiger partial charge in [0.05, 0.1) is 7.11 Å². The smallest absolute Gasteiger partial charge is 0.161 e. The molecule has 3 N–H and O–H groups in total. The molecular weight excluding hydrogens is 194 g/mol. The van der Waals surface area contributed by atoms with Crippen molar-refractivity contribution < 1.29 is 14.6 Å². The van der Waals surface area contributed by atoms with Gasteiger partial charge in [0.1, 0.15) is 6.29 Å². The van der Waals surface area contributed by atoms with Crippen LogP contribution in [0.2, 0.25) is 0 Å². The monoisotopic (exact) mass is 209 g/mol. The van der Waals surface area contributed by atoms with E-state index in [-0.39, 0.29) is 11.7 Å². The minimum atomic E-state index is 0.0263. The molecule has 0 radical (unpaired) electrons. The predicted octanol–water partition coefficient (Wildman–Crippen LogP) is 1.28. The third kappa shape index (κ3) is 2.27. The molecule has 0 saturated carbocycles. The quantitative estimate of drug-likeness (QED) is 0.732. The van der Waals surface area contributed by atoms with E-state index in [9.17, 15) is 9.90 Å². The van der Waals surface area contributed by atoms with Gasteiger partial charge in [-0.05, 0) is 30.2 Å². The van der Waals surface area contributed by atoms with Crippen LogP contribution in [0.5, 0.6) is 11.5 Å². The van der Waals surface area contributed by atoms with E-state index in [2.05, 4.69) is 0 Å². The summed E-state index contributed by atoms with van der Waals surface area (Å²) in [4.78, 5) is 10.8. The topological polar surface area (TPSA) is 72.5 Å². The first kappa shape index (κ1) is 11.5. The number of phenolic OH excluding ortho intramolecular Hbond substituents is 1. The third-order valence-corrected chi connectivity index (χ3v) is 2.40. The maximum absolute atomic E-state index is 10.8. The Balaban J connectivity index is 3.27. The van der Waals surface area contributed by atoms with Crippen molar-refractivity contribution in [1.29, 1.82) is 0 Å². The summed E-state index contributed by atoms with van der Waals surface area (Å²) in [5.41, 5.74) is 6.76. The third-order valence-electron chi connectivity index (χ3n) is 2.40. The van der Waals surface area contributed by atoms with Crippen molar-refractivity contribution in [2.75, 3.05) is 13.7 Å². The molecule has 0 aliphatic carbocycles. The van der Waals surface area contributed by atoms with E-state index in [1.807, 2.05) is 6.92 Å². The van der Waals surface area contributed by atoms with Crippen molar-refractivity contribution in [3.05, 3.63) is 23.3 Å². The van der Waals surface area contributed by atoms with Gasteiger partial charge in [-0.25, -0.2) is 0 Å². The molecule has 4 nitrogen and oxygen atoms in total. The first-order chi connectivity index (χ1) is 7.13. The molecule has 1 aromatic carbocycles. The molecule has 0 aliphatic rings. The Morgan fingerprint density at radius 1 is 1.60 bits per heavy atom. The van der Waals surface area contributed by atoms with Gasteiger partial charge in [0.15, 0.2) is 11.5 Å². The van der Waals surface area contributed by atoms with Crippen molar-refractivity contribution in [3.63, 3.8) is 0 Å². The van der Waals surface area contributed by atoms with Gasteiger partial charge in [-0.15, -0.1) is 0 Å². The maximum atomic E-state index is 10.8. The van der Waals surface area contributed by atoms with E-state index in [1.54, 1.807) is 0 Å². The fourth-order valence-electron chi connectivity index (χ4n) is 1.42. The lowest BCUT2D eigenvalue weighted by atomic mass is 9.95. The summed E-state index contributed by atoms with van der Waals surface area (Å²) in [6, 6.07) is 3.05. The Bertz CT molecular complexity index is 363. The van der Waals surface area contributed by atoms with E-state index in [4.69, 9.17) is 10.5 Å². The van der Waals surface area contributed by atoms with Crippen LogP contribution < -0.4 is 10.5 Å². The number of hydrogen-bond donors (Lipinski definition) is 2. The molecule has 0 saturated heterocycles. The second kappa shape index (κ2) is 4.79. The average Bonchev–Trinajstić information content (AvgIpc) is 2.27. The van der Waals surface area contributed by atoms with Crippen molar-refractivity contribution >= 4 is 6.29 Å². The highest BCUT2D eigenvalue weighted by atomic mass is 16.5. The number of nitrogens with two attached hydrogens (primary N) is 1. The molecule has 0 bridgehead atoms. The molecule has 0 aliphatic heterocycles. The number of aldehydes is 1. The van der Waals surface area contributed by atoms with E-state index in [0.717, 1.165) is 11.8 Å². The number of rotatable bonds is 4. The highest BCUT2D eigenvalue weighted by Crippen LogP contribution is 2.31. The van der Waals surface area contributed by atoms with Crippen molar-refractivity contribution in [1.82, 2.24) is 0 Å². The fraction of sp³-hybridized carbons (Fsp3) is 0.364. The molecule has 15 heavy (non-hydrogen) atoms. The van der Waals surface area contributed by atoms with Crippen LogP contribution in [0, 0.1) is 0 Å². The van der Waals surface area contributed by atoms with E-state index >= 15 is 0 Å². The number of benzene rings is 1. The molecule has 1 atom stereocenters. The summed E-state index contributed by atoms with van der Waals surface area (Å²) in [7, 11) is 1.44. The summed E-state index contributed by atoms with van der Waals surface area (Å²) >= 11 is 0. The number of aromatic hydroxyl groups is 1. The molecule has 82 valence electrons. The van der Waals surface area contributed by atoms with Gasteiger partial charge in [-0.1, -0.05) is 6.92 Å². The maximum Gasteiger partial charge on any atom is 0.161 e. The number of carbonyl (C=O) groups excluding carboxylic acids is 1. The summed E-state index contributed by atoms with van der Waals surface area (Å²) < 4.78 is 4.92. The van der Waals surface area contributed by atoms with Crippen molar-refractivity contribution in [2.45, 2.75) is 12.8 Å². The summed E-state index contributed by atoms with van der Waals surface area (Å²) in [6.07, 6.45) is 0.740. The van der Waals surface area contributed by atoms with Gasteiger partial charge in [0, 0.05) is 5.56 Å². The fourth-order valence-corrected chi connectivity index (χ4v) is 1.42. The SMILES string of the molecule is COc1cc(C=O)c(C(C)CN)cc1O. The lowest BCUT2D eigenvalue weighted by molar-refractivity contribution is 0.112. The molecule has 0 heterocycles. The van der Waals surface area contributed by atoms with Gasteiger partial charge < -0.3 is 15.6 Å². The van der Waals surface area contributed by atoms with Crippen molar-refractivity contribution in [2.24, 2.45) is 5.73 Å². The van der Waals surface area contributed by atoms with Gasteiger partial charge in [-0.2, -0.15) is 0 Å². The summed E-state index contributed by atoms with van der Waals surface area (Å²) in [6.45, 7) is 2.32. The zero-order valence-electron chi connectivity index (χ0n) is 8.86. The Kier molecular flexibility index (Phi) is 3.68. The van der Waals surface area contributed by atoms with Crippen LogP contribution in [0.4, 0.5) is 0 Å². The molecule has 0 aromatic heterocycles. The lowest BCUT2D eigenvalue weighted by Gasteiger charge is -2.13. The largest absolute Gasteiger partial charge is 0.504 e. The second-order valence-corrected chi connectivity index (χ2v) is 3.41. The van der Waals surface area contributed by atoms with Gasteiger partial charge in [0.2, 0.25) is 0 Å². The Labute approximate surface area is 88.7 Å². The summed E-state index contributed by atoms with van der Waals surface area (Å²) in [5.74, 6) is 0.352. The van der Waals surface area contributed by atoms with Crippen LogP contribution in [0.15, 0.2) is 12.1 Å². The normalized spacial score (nSPS) is 12.2. The Hall–Kier alpha value is -1.55. The standard InChI is InChI=1S/C11H15NO3/c1-7(5-12)9-4-10(14)11(15-2)3-8(9)6-13/h3-4,6-7,14H,5,12H2,1-2H3. The molecule has 1 rings (SSSR count). The van der Waals surface area contributed by atoms with E-state index in [1.165, 1.54) is 19.2 Å². The van der Waals surface area contributed by atoms with Gasteiger partial charge in [-0.3, -0.25) is 4.79 Å². The number of carbonyl (C=O) groups is 1. The van der Waals surface area contributed by atoms with E-state index in [0.29, 0.717) is 17.9 Å². The van der Waals surface area contributed by atoms with Gasteiger partial charge in [0.25, 0.3) is 0 Å². The van der Waals surface area contributed by atoms with E-state index < -0.39 is 0 Å². The first-order valence-corrected chi connectivity index (χ1v) is 4.70. The molecule has 0 spiro atoms. The number of ether oxygens (including phenoxy) is 1. The van der Waals surface area contributed by atoms with Crippen LogP contribution in [-0.2, 0) is 0 Å². The van der Waals surface area contributed by atoms with Crippen LogP contribution in [0.25, 0.3) is 0 Å².